The zero-order valence-corrected chi connectivity index (χ0v) is 15.1. The summed E-state index contributed by atoms with van der Waals surface area (Å²) in [6.07, 6.45) is -9.30. The van der Waals surface area contributed by atoms with E-state index in [0.717, 1.165) is 18.2 Å². The molecule has 0 bridgehead atoms. The van der Waals surface area contributed by atoms with Crippen LogP contribution in [0.5, 0.6) is 5.88 Å². The molecule has 0 aliphatic heterocycles. The maximum absolute atomic E-state index is 13.3. The molecule has 0 amide bonds. The van der Waals surface area contributed by atoms with Crippen molar-refractivity contribution in [3.63, 3.8) is 0 Å². The largest absolute Gasteiger partial charge is 0.466 e. The molecule has 1 aromatic carbocycles. The first kappa shape index (κ1) is 20.6. The van der Waals surface area contributed by atoms with Gasteiger partial charge in [-0.1, -0.05) is 18.2 Å². The van der Waals surface area contributed by atoms with Gasteiger partial charge in [-0.05, 0) is 19.1 Å². The normalized spacial score (nSPS) is 13.4. The molecule has 3 aromatic rings. The number of hydrogen-bond donors (Lipinski definition) is 0. The van der Waals surface area contributed by atoms with Crippen LogP contribution in [-0.4, -0.2) is 19.7 Å². The van der Waals surface area contributed by atoms with E-state index in [1.54, 1.807) is 0 Å². The van der Waals surface area contributed by atoms with Crippen LogP contribution >= 0.6 is 0 Å². The second-order valence-corrected chi connectivity index (χ2v) is 6.13. The Morgan fingerprint density at radius 3 is 2.21 bits per heavy atom. The third-order valence-electron chi connectivity index (χ3n) is 4.11. The van der Waals surface area contributed by atoms with Gasteiger partial charge >= 0.3 is 12.4 Å². The quantitative estimate of drug-likeness (QED) is 0.559. The Morgan fingerprint density at radius 2 is 1.62 bits per heavy atom. The Labute approximate surface area is 161 Å². The number of halogens is 6. The van der Waals surface area contributed by atoms with Gasteiger partial charge in [0.15, 0.2) is 17.8 Å². The Morgan fingerprint density at radius 1 is 0.931 bits per heavy atom. The van der Waals surface area contributed by atoms with Gasteiger partial charge in [-0.3, -0.25) is 0 Å². The lowest BCUT2D eigenvalue weighted by atomic mass is 10.1. The molecule has 2 aromatic heterocycles. The van der Waals surface area contributed by atoms with E-state index in [0.29, 0.717) is 6.20 Å². The van der Waals surface area contributed by atoms with Crippen molar-refractivity contribution in [1.82, 2.24) is 19.7 Å². The molecular formula is C18H14F6N4O. The molecule has 0 aliphatic rings. The summed E-state index contributed by atoms with van der Waals surface area (Å²) in [5.74, 6) is 0.0631. The van der Waals surface area contributed by atoms with Gasteiger partial charge in [0.2, 0.25) is 5.88 Å². The predicted octanol–water partition coefficient (Wildman–Crippen LogP) is 5.05. The van der Waals surface area contributed by atoms with Crippen LogP contribution in [0.4, 0.5) is 26.3 Å². The van der Waals surface area contributed by atoms with Gasteiger partial charge in [-0.2, -0.15) is 26.3 Å². The molecule has 1 atom stereocenters. The van der Waals surface area contributed by atoms with Crippen molar-refractivity contribution in [2.75, 3.05) is 0 Å². The zero-order valence-electron chi connectivity index (χ0n) is 15.1. The van der Waals surface area contributed by atoms with Gasteiger partial charge in [0.1, 0.15) is 0 Å². The maximum atomic E-state index is 13.3. The number of benzene rings is 1. The lowest BCUT2D eigenvalue weighted by Gasteiger charge is -2.15. The highest BCUT2D eigenvalue weighted by Crippen LogP contribution is 2.36. The highest BCUT2D eigenvalue weighted by atomic mass is 19.4. The first-order valence-electron chi connectivity index (χ1n) is 8.24. The highest BCUT2D eigenvalue weighted by Gasteiger charge is 2.35. The molecule has 0 radical (unpaired) electrons. The number of nitrogens with zero attached hydrogens (tertiary/aromatic N) is 4. The van der Waals surface area contributed by atoms with E-state index < -0.39 is 29.6 Å². The van der Waals surface area contributed by atoms with E-state index in [-0.39, 0.29) is 23.1 Å². The van der Waals surface area contributed by atoms with E-state index in [9.17, 15) is 26.3 Å². The highest BCUT2D eigenvalue weighted by molar-refractivity contribution is 5.61. The predicted molar refractivity (Wildman–Crippen MR) is 89.7 cm³/mol. The SMILES string of the molecule is C[C@@H](Oc1ccc(C(F)(F)F)cn1)c1nnc(-c2ccccc2C(F)(F)F)n1C. The van der Waals surface area contributed by atoms with E-state index >= 15 is 0 Å². The molecule has 29 heavy (non-hydrogen) atoms. The maximum Gasteiger partial charge on any atom is 0.417 e. The molecule has 0 unspecified atom stereocenters. The molecule has 3 rings (SSSR count). The molecule has 154 valence electrons. The second-order valence-electron chi connectivity index (χ2n) is 6.13. The second kappa shape index (κ2) is 7.37. The molecule has 0 fully saturated rings. The lowest BCUT2D eigenvalue weighted by molar-refractivity contribution is -0.138. The first-order chi connectivity index (χ1) is 13.5. The molecule has 0 aliphatic carbocycles. The van der Waals surface area contributed by atoms with E-state index in [1.807, 2.05) is 0 Å². The number of aromatic nitrogens is 4. The van der Waals surface area contributed by atoms with E-state index in [4.69, 9.17) is 4.74 Å². The molecule has 0 saturated heterocycles. The Hall–Kier alpha value is -3.11. The fourth-order valence-corrected chi connectivity index (χ4v) is 2.71. The van der Waals surface area contributed by atoms with Gasteiger partial charge < -0.3 is 9.30 Å². The van der Waals surface area contributed by atoms with Gasteiger partial charge in [-0.15, -0.1) is 10.2 Å². The van der Waals surface area contributed by atoms with Crippen molar-refractivity contribution in [3.8, 4) is 17.3 Å². The number of ether oxygens (including phenoxy) is 1. The standard InChI is InChI=1S/C18H14F6N4O/c1-10(29-14-8-7-11(9-25-14)17(19,20)21)15-26-27-16(28(15)2)12-5-3-4-6-13(12)18(22,23)24/h3-10H,1-2H3/t10-/m1/s1. The number of alkyl halides is 6. The Kier molecular flexibility index (Phi) is 5.24. The molecule has 11 heteroatoms. The van der Waals surface area contributed by atoms with Crippen LogP contribution in [0.3, 0.4) is 0 Å². The smallest absolute Gasteiger partial charge is 0.417 e. The van der Waals surface area contributed by atoms with Crippen LogP contribution in [-0.2, 0) is 19.4 Å². The Bertz CT molecular complexity index is 995. The van der Waals surface area contributed by atoms with Gasteiger partial charge in [0, 0.05) is 24.9 Å². The molecule has 2 heterocycles. The third-order valence-corrected chi connectivity index (χ3v) is 4.11. The minimum atomic E-state index is -4.57. The van der Waals surface area contributed by atoms with Gasteiger partial charge in [0.25, 0.3) is 0 Å². The molecule has 0 spiro atoms. The van der Waals surface area contributed by atoms with Gasteiger partial charge in [0.05, 0.1) is 11.1 Å². The van der Waals surface area contributed by atoms with Crippen LogP contribution in [0.1, 0.15) is 30.0 Å². The summed E-state index contributed by atoms with van der Waals surface area (Å²) in [7, 11) is 1.47. The summed E-state index contributed by atoms with van der Waals surface area (Å²) in [4.78, 5) is 3.60. The third kappa shape index (κ3) is 4.33. The van der Waals surface area contributed by atoms with Crippen molar-refractivity contribution in [3.05, 3.63) is 59.5 Å². The van der Waals surface area contributed by atoms with E-state index in [1.165, 1.54) is 36.7 Å². The van der Waals surface area contributed by atoms with Crippen molar-refractivity contribution >= 4 is 0 Å². The summed E-state index contributed by atoms with van der Waals surface area (Å²) >= 11 is 0. The summed E-state index contributed by atoms with van der Waals surface area (Å²) in [6.45, 7) is 1.53. The summed E-state index contributed by atoms with van der Waals surface area (Å²) in [5, 5.41) is 7.71. The fraction of sp³-hybridized carbons (Fsp3) is 0.278. The van der Waals surface area contributed by atoms with Gasteiger partial charge in [-0.25, -0.2) is 4.98 Å². The van der Waals surface area contributed by atoms with Crippen LogP contribution in [0.15, 0.2) is 42.6 Å². The van der Waals surface area contributed by atoms with Crippen molar-refractivity contribution < 1.29 is 31.1 Å². The van der Waals surface area contributed by atoms with Crippen LogP contribution in [0.2, 0.25) is 0 Å². The topological polar surface area (TPSA) is 52.8 Å². The van der Waals surface area contributed by atoms with Crippen molar-refractivity contribution in [2.24, 2.45) is 7.05 Å². The first-order valence-corrected chi connectivity index (χ1v) is 8.24. The van der Waals surface area contributed by atoms with Crippen molar-refractivity contribution in [2.45, 2.75) is 25.4 Å². The number of rotatable bonds is 4. The minimum Gasteiger partial charge on any atom is -0.466 e. The number of hydrogen-bond acceptors (Lipinski definition) is 4. The van der Waals surface area contributed by atoms with Crippen LogP contribution in [0.25, 0.3) is 11.4 Å². The average molecular weight is 416 g/mol. The van der Waals surface area contributed by atoms with Crippen LogP contribution in [0, 0.1) is 0 Å². The Balaban J connectivity index is 1.86. The summed E-state index contributed by atoms with van der Waals surface area (Å²) in [5.41, 5.74) is -1.94. The average Bonchev–Trinajstić information content (AvgIpc) is 3.02. The molecule has 5 nitrogen and oxygen atoms in total. The van der Waals surface area contributed by atoms with E-state index in [2.05, 4.69) is 15.2 Å². The zero-order chi connectivity index (χ0) is 21.4. The number of pyridine rings is 1. The summed E-state index contributed by atoms with van der Waals surface area (Å²) < 4.78 is 84.4. The monoisotopic (exact) mass is 416 g/mol. The van der Waals surface area contributed by atoms with Crippen molar-refractivity contribution in [1.29, 1.82) is 0 Å². The lowest BCUT2D eigenvalue weighted by Crippen LogP contribution is -2.12. The molecule has 0 saturated carbocycles. The summed E-state index contributed by atoms with van der Waals surface area (Å²) in [6, 6.07) is 6.80. The molecule has 0 N–H and O–H groups in total. The fourth-order valence-electron chi connectivity index (χ4n) is 2.71. The minimum absolute atomic E-state index is 0.0243. The molecular weight excluding hydrogens is 402 g/mol. The van der Waals surface area contributed by atoms with Crippen LogP contribution < -0.4 is 4.74 Å².